The van der Waals surface area contributed by atoms with Crippen LogP contribution < -0.4 is 16.0 Å². The molecule has 1 aromatic rings. The summed E-state index contributed by atoms with van der Waals surface area (Å²) < 4.78 is 10.9. The first-order valence-corrected chi connectivity index (χ1v) is 13.4. The number of nitrogens with zero attached hydrogens (tertiary/aromatic N) is 1. The maximum atomic E-state index is 13.3. The van der Waals surface area contributed by atoms with Crippen molar-refractivity contribution in [3.05, 3.63) is 35.9 Å². The molecule has 1 saturated carbocycles. The van der Waals surface area contributed by atoms with Crippen LogP contribution in [0.4, 0.5) is 9.59 Å². The number of amides is 3. The van der Waals surface area contributed by atoms with Crippen LogP contribution in [0.2, 0.25) is 0 Å². The second-order valence-corrected chi connectivity index (χ2v) is 9.97. The summed E-state index contributed by atoms with van der Waals surface area (Å²) in [6.45, 7) is 2.47. The number of methoxy groups -OCH3 is 1. The number of likely N-dealkylation sites (N-methyl/N-ethyl adjacent to an activating group) is 1. The number of alkyl carbamates (subject to hydrolysis) is 1. The summed E-state index contributed by atoms with van der Waals surface area (Å²) >= 11 is 0. The van der Waals surface area contributed by atoms with Crippen molar-refractivity contribution < 1.29 is 24.2 Å². The average Bonchev–Trinajstić information content (AvgIpc) is 2.93. The van der Waals surface area contributed by atoms with Crippen LogP contribution >= 0.6 is 0 Å². The van der Waals surface area contributed by atoms with Gasteiger partial charge in [-0.3, -0.25) is 0 Å². The molecule has 0 aromatic heterocycles. The number of hydrogen-bond acceptors (Lipinski definition) is 6. The van der Waals surface area contributed by atoms with E-state index >= 15 is 0 Å². The molecule has 4 N–H and O–H groups in total. The third kappa shape index (κ3) is 8.35. The zero-order valence-corrected chi connectivity index (χ0v) is 21.8. The summed E-state index contributed by atoms with van der Waals surface area (Å²) in [7, 11) is 3.18. The summed E-state index contributed by atoms with van der Waals surface area (Å²) in [5.74, 6) is 0.358. The Kier molecular flexibility index (Phi) is 11.8. The Balaban J connectivity index is 1.62. The van der Waals surface area contributed by atoms with E-state index in [0.717, 1.165) is 44.1 Å². The third-order valence-corrected chi connectivity index (χ3v) is 7.43. The van der Waals surface area contributed by atoms with Gasteiger partial charge in [0.05, 0.1) is 32.0 Å². The van der Waals surface area contributed by atoms with Crippen LogP contribution in [-0.2, 0) is 9.47 Å². The van der Waals surface area contributed by atoms with Crippen LogP contribution in [0.3, 0.4) is 0 Å². The third-order valence-electron chi connectivity index (χ3n) is 7.43. The smallest absolute Gasteiger partial charge is 0.406 e. The van der Waals surface area contributed by atoms with E-state index in [1.807, 2.05) is 42.3 Å². The Bertz CT molecular complexity index is 790. The maximum Gasteiger partial charge on any atom is 0.406 e. The number of urea groups is 1. The quantitative estimate of drug-likeness (QED) is 0.345. The first kappa shape index (κ1) is 28.2. The van der Waals surface area contributed by atoms with Gasteiger partial charge in [-0.1, -0.05) is 49.6 Å². The molecule has 2 aliphatic rings. The standard InChI is InChI=1S/C27H44N4O5/c1-28-18-23(24(32)20-10-5-3-6-11-20)30-26(33)31-16-9-14-22(19-31)25(21-12-7-4-8-13-21)36-17-15-29-27(34)35-2/h4,7-8,12-13,20,22-25,28,32H,3,5-6,9-11,14-19H2,1-2H3,(H,29,34)(H,30,33)/t22-,23-,24-,25?/m1/s1. The largest absolute Gasteiger partial charge is 0.453 e. The molecule has 1 aliphatic carbocycles. The van der Waals surface area contributed by atoms with E-state index in [0.29, 0.717) is 32.8 Å². The lowest BCUT2D eigenvalue weighted by atomic mass is 9.82. The molecule has 0 spiro atoms. The van der Waals surface area contributed by atoms with Gasteiger partial charge in [0.2, 0.25) is 0 Å². The molecule has 9 nitrogen and oxygen atoms in total. The Morgan fingerprint density at radius 1 is 1.08 bits per heavy atom. The predicted octanol–water partition coefficient (Wildman–Crippen LogP) is 3.05. The number of aliphatic hydroxyl groups excluding tert-OH is 1. The Labute approximate surface area is 215 Å². The van der Waals surface area contributed by atoms with Crippen molar-refractivity contribution >= 4 is 12.1 Å². The molecule has 3 amide bonds. The highest BCUT2D eigenvalue weighted by Crippen LogP contribution is 2.33. The van der Waals surface area contributed by atoms with Crippen LogP contribution in [0.25, 0.3) is 0 Å². The molecule has 36 heavy (non-hydrogen) atoms. The lowest BCUT2D eigenvalue weighted by Gasteiger charge is -2.39. The first-order valence-electron chi connectivity index (χ1n) is 13.4. The minimum absolute atomic E-state index is 0.121. The zero-order valence-electron chi connectivity index (χ0n) is 21.8. The van der Waals surface area contributed by atoms with E-state index in [1.165, 1.54) is 13.5 Å². The molecule has 1 saturated heterocycles. The summed E-state index contributed by atoms with van der Waals surface area (Å²) in [4.78, 5) is 26.5. The SMILES string of the molecule is CNC[C@@H](NC(=O)N1CCC[C@@H](C(OCCNC(=O)OC)c2ccccc2)C1)[C@H](O)C1CCCCC1. The molecule has 4 atom stereocenters. The van der Waals surface area contributed by atoms with Crippen LogP contribution in [-0.4, -0.2) is 81.2 Å². The minimum Gasteiger partial charge on any atom is -0.453 e. The minimum atomic E-state index is -0.551. The first-order chi connectivity index (χ1) is 17.5. The molecule has 1 heterocycles. The van der Waals surface area contributed by atoms with E-state index in [-0.39, 0.29) is 30.0 Å². The number of likely N-dealkylation sites (tertiary alicyclic amines) is 1. The molecule has 9 heteroatoms. The van der Waals surface area contributed by atoms with Crippen molar-refractivity contribution in [3.8, 4) is 0 Å². The number of aliphatic hydroxyl groups is 1. The summed E-state index contributed by atoms with van der Waals surface area (Å²) in [5, 5.41) is 20.0. The topological polar surface area (TPSA) is 112 Å². The number of rotatable bonds is 11. The van der Waals surface area contributed by atoms with Crippen molar-refractivity contribution in [2.45, 2.75) is 63.2 Å². The molecule has 2 fully saturated rings. The summed E-state index contributed by atoms with van der Waals surface area (Å²) in [5.41, 5.74) is 1.06. The van der Waals surface area contributed by atoms with E-state index in [1.54, 1.807) is 0 Å². The van der Waals surface area contributed by atoms with E-state index in [9.17, 15) is 14.7 Å². The van der Waals surface area contributed by atoms with Crippen LogP contribution in [0.1, 0.15) is 56.6 Å². The van der Waals surface area contributed by atoms with Crippen molar-refractivity contribution in [1.29, 1.82) is 0 Å². The van der Waals surface area contributed by atoms with Gasteiger partial charge in [-0.05, 0) is 44.2 Å². The van der Waals surface area contributed by atoms with Gasteiger partial charge in [-0.15, -0.1) is 0 Å². The number of benzene rings is 1. The van der Waals surface area contributed by atoms with Gasteiger partial charge in [0.1, 0.15) is 0 Å². The van der Waals surface area contributed by atoms with Crippen LogP contribution in [0.15, 0.2) is 30.3 Å². The Morgan fingerprint density at radius 3 is 2.50 bits per heavy atom. The van der Waals surface area contributed by atoms with E-state index in [2.05, 4.69) is 20.7 Å². The van der Waals surface area contributed by atoms with Crippen molar-refractivity contribution in [3.63, 3.8) is 0 Å². The highest BCUT2D eigenvalue weighted by Gasteiger charge is 2.34. The summed E-state index contributed by atoms with van der Waals surface area (Å²) in [6.07, 6.45) is 6.15. The number of carbonyl (C=O) groups is 2. The maximum absolute atomic E-state index is 13.3. The van der Waals surface area contributed by atoms with Gasteiger partial charge in [0.25, 0.3) is 0 Å². The molecule has 202 valence electrons. The number of nitrogens with one attached hydrogen (secondary N) is 3. The highest BCUT2D eigenvalue weighted by molar-refractivity contribution is 5.74. The molecule has 0 radical (unpaired) electrons. The predicted molar refractivity (Wildman–Crippen MR) is 139 cm³/mol. The summed E-state index contributed by atoms with van der Waals surface area (Å²) in [6, 6.07) is 9.58. The monoisotopic (exact) mass is 504 g/mol. The van der Waals surface area contributed by atoms with Gasteiger partial charge in [0, 0.05) is 32.1 Å². The molecule has 1 aromatic carbocycles. The van der Waals surface area contributed by atoms with E-state index in [4.69, 9.17) is 4.74 Å². The van der Waals surface area contributed by atoms with Gasteiger partial charge in [0.15, 0.2) is 0 Å². The Morgan fingerprint density at radius 2 is 1.81 bits per heavy atom. The zero-order chi connectivity index (χ0) is 25.8. The van der Waals surface area contributed by atoms with Gasteiger partial charge < -0.3 is 35.4 Å². The fourth-order valence-electron chi connectivity index (χ4n) is 5.53. The van der Waals surface area contributed by atoms with Gasteiger partial charge in [-0.2, -0.15) is 0 Å². The number of ether oxygens (including phenoxy) is 2. The molecule has 3 rings (SSSR count). The second kappa shape index (κ2) is 15.0. The van der Waals surface area contributed by atoms with Crippen LogP contribution in [0.5, 0.6) is 0 Å². The molecular formula is C27H44N4O5. The fraction of sp³-hybridized carbons (Fsp3) is 0.704. The highest BCUT2D eigenvalue weighted by atomic mass is 16.5. The number of piperidine rings is 1. The Hall–Kier alpha value is -2.36. The van der Waals surface area contributed by atoms with Gasteiger partial charge >= 0.3 is 12.1 Å². The average molecular weight is 505 g/mol. The van der Waals surface area contributed by atoms with Gasteiger partial charge in [-0.25, -0.2) is 9.59 Å². The van der Waals surface area contributed by atoms with Crippen molar-refractivity contribution in [2.24, 2.45) is 11.8 Å². The number of hydrogen-bond donors (Lipinski definition) is 4. The van der Waals surface area contributed by atoms with Crippen molar-refractivity contribution in [2.75, 3.05) is 46.9 Å². The lowest BCUT2D eigenvalue weighted by molar-refractivity contribution is -0.00939. The van der Waals surface area contributed by atoms with Crippen LogP contribution in [0, 0.1) is 11.8 Å². The van der Waals surface area contributed by atoms with Crippen molar-refractivity contribution in [1.82, 2.24) is 20.9 Å². The normalized spacial score (nSPS) is 21.3. The molecule has 1 aliphatic heterocycles. The molecule has 1 unspecified atom stereocenters. The lowest BCUT2D eigenvalue weighted by Crippen LogP contribution is -2.56. The number of carbonyl (C=O) groups excluding carboxylic acids is 2. The molecule has 0 bridgehead atoms. The van der Waals surface area contributed by atoms with E-state index < -0.39 is 12.2 Å². The molecular weight excluding hydrogens is 460 g/mol. The fourth-order valence-corrected chi connectivity index (χ4v) is 5.53. The second-order valence-electron chi connectivity index (χ2n) is 9.97.